The van der Waals surface area contributed by atoms with Gasteiger partial charge in [0.05, 0.1) is 5.01 Å². The number of carbonyl (C=O) groups excluding carboxylic acids is 1. The van der Waals surface area contributed by atoms with Crippen molar-refractivity contribution in [3.8, 4) is 0 Å². The summed E-state index contributed by atoms with van der Waals surface area (Å²) in [5.41, 5.74) is 0.620. The Kier molecular flexibility index (Phi) is 9.26. The van der Waals surface area contributed by atoms with Gasteiger partial charge in [-0.15, -0.1) is 11.3 Å². The van der Waals surface area contributed by atoms with Crippen LogP contribution in [-0.2, 0) is 11.2 Å². The van der Waals surface area contributed by atoms with E-state index in [-0.39, 0.29) is 0 Å². The van der Waals surface area contributed by atoms with Gasteiger partial charge in [0, 0.05) is 37.8 Å². The number of nitrogens with one attached hydrogen (secondary N) is 3. The van der Waals surface area contributed by atoms with Crippen LogP contribution in [0.25, 0.3) is 0 Å². The third-order valence-corrected chi connectivity index (χ3v) is 4.11. The van der Waals surface area contributed by atoms with Gasteiger partial charge in [-0.2, -0.15) is 0 Å². The van der Waals surface area contributed by atoms with E-state index in [2.05, 4.69) is 31.3 Å². The number of guanidine groups is 1. The molecule has 0 fully saturated rings. The van der Waals surface area contributed by atoms with Gasteiger partial charge in [0.25, 0.3) is 0 Å². The van der Waals surface area contributed by atoms with Crippen LogP contribution in [0.15, 0.2) is 10.4 Å². The number of ether oxygens (including phenoxy) is 1. The predicted molar refractivity (Wildman–Crippen MR) is 103 cm³/mol. The minimum Gasteiger partial charge on any atom is -0.444 e. The van der Waals surface area contributed by atoms with Gasteiger partial charge in [-0.3, -0.25) is 4.99 Å². The molecule has 0 atom stereocenters. The largest absolute Gasteiger partial charge is 0.444 e. The molecule has 0 aromatic carbocycles. The van der Waals surface area contributed by atoms with E-state index in [1.54, 1.807) is 18.4 Å². The number of aromatic nitrogens is 1. The zero-order chi connectivity index (χ0) is 18.7. The highest BCUT2D eigenvalue weighted by Crippen LogP contribution is 2.11. The standard InChI is InChI=1S/C17H31N5O2S/c1-13-12-25-14(22-13)8-6-7-9-19-15(18-5)20-10-11-21-16(23)24-17(2,3)4/h12H,6-11H2,1-5H3,(H,21,23)(H2,18,19,20). The van der Waals surface area contributed by atoms with Gasteiger partial charge in [0.2, 0.25) is 0 Å². The molecule has 1 aromatic heterocycles. The Morgan fingerprint density at radius 3 is 2.48 bits per heavy atom. The third-order valence-electron chi connectivity index (χ3n) is 3.09. The number of aryl methyl sites for hydroxylation is 2. The SMILES string of the molecule is CN=C(NCCCCc1nc(C)cs1)NCCNC(=O)OC(C)(C)C. The quantitative estimate of drug-likeness (QED) is 0.372. The number of carbonyl (C=O) groups is 1. The van der Waals surface area contributed by atoms with Crippen molar-refractivity contribution in [3.63, 3.8) is 0 Å². The van der Waals surface area contributed by atoms with Gasteiger partial charge in [-0.25, -0.2) is 9.78 Å². The summed E-state index contributed by atoms with van der Waals surface area (Å²) in [7, 11) is 1.73. The summed E-state index contributed by atoms with van der Waals surface area (Å²) in [4.78, 5) is 20.2. The molecular weight excluding hydrogens is 338 g/mol. The van der Waals surface area contributed by atoms with Crippen LogP contribution in [0.1, 0.15) is 44.3 Å². The third kappa shape index (κ3) is 10.6. The Morgan fingerprint density at radius 1 is 1.20 bits per heavy atom. The van der Waals surface area contributed by atoms with Crippen molar-refractivity contribution in [1.82, 2.24) is 20.9 Å². The molecule has 1 rings (SSSR count). The van der Waals surface area contributed by atoms with Crippen molar-refractivity contribution >= 4 is 23.4 Å². The molecule has 142 valence electrons. The predicted octanol–water partition coefficient (Wildman–Crippen LogP) is 2.46. The summed E-state index contributed by atoms with van der Waals surface area (Å²) in [6.07, 6.45) is 2.76. The van der Waals surface area contributed by atoms with Gasteiger partial charge in [0.1, 0.15) is 5.60 Å². The van der Waals surface area contributed by atoms with E-state index in [4.69, 9.17) is 4.74 Å². The van der Waals surface area contributed by atoms with Crippen LogP contribution in [-0.4, -0.2) is 49.3 Å². The summed E-state index contributed by atoms with van der Waals surface area (Å²) in [5.74, 6) is 0.732. The first-order valence-corrected chi connectivity index (χ1v) is 9.50. The van der Waals surface area contributed by atoms with E-state index in [0.717, 1.165) is 37.5 Å². The summed E-state index contributed by atoms with van der Waals surface area (Å²) < 4.78 is 5.17. The minimum absolute atomic E-state index is 0.408. The molecular formula is C17H31N5O2S. The number of unbranched alkanes of at least 4 members (excludes halogenated alkanes) is 1. The van der Waals surface area contributed by atoms with Crippen LogP contribution in [0.5, 0.6) is 0 Å². The maximum Gasteiger partial charge on any atom is 0.407 e. The van der Waals surface area contributed by atoms with Crippen molar-refractivity contribution in [2.75, 3.05) is 26.7 Å². The molecule has 0 unspecified atom stereocenters. The summed E-state index contributed by atoms with van der Waals surface area (Å²) in [6, 6.07) is 0. The summed E-state index contributed by atoms with van der Waals surface area (Å²) in [6.45, 7) is 9.44. The zero-order valence-corrected chi connectivity index (χ0v) is 16.8. The van der Waals surface area contributed by atoms with Crippen LogP contribution in [0.2, 0.25) is 0 Å². The fraction of sp³-hybridized carbons (Fsp3) is 0.706. The summed E-state index contributed by atoms with van der Waals surface area (Å²) >= 11 is 1.73. The number of nitrogens with zero attached hydrogens (tertiary/aromatic N) is 2. The number of hydrogen-bond donors (Lipinski definition) is 3. The van der Waals surface area contributed by atoms with E-state index < -0.39 is 11.7 Å². The number of aliphatic imine (C=N–C) groups is 1. The van der Waals surface area contributed by atoms with Crippen LogP contribution < -0.4 is 16.0 Å². The molecule has 0 aliphatic rings. The second kappa shape index (κ2) is 10.9. The van der Waals surface area contributed by atoms with E-state index in [1.807, 2.05) is 27.7 Å². The Morgan fingerprint density at radius 2 is 1.88 bits per heavy atom. The van der Waals surface area contributed by atoms with Crippen LogP contribution in [0.4, 0.5) is 4.79 Å². The molecule has 0 saturated carbocycles. The van der Waals surface area contributed by atoms with Gasteiger partial charge in [0.15, 0.2) is 5.96 Å². The lowest BCUT2D eigenvalue weighted by molar-refractivity contribution is 0.0529. The van der Waals surface area contributed by atoms with Crippen LogP contribution >= 0.6 is 11.3 Å². The van der Waals surface area contributed by atoms with E-state index in [0.29, 0.717) is 13.1 Å². The molecule has 1 aromatic rings. The number of thiazole rings is 1. The maximum atomic E-state index is 11.5. The lowest BCUT2D eigenvalue weighted by atomic mass is 10.2. The number of amides is 1. The Labute approximate surface area is 154 Å². The molecule has 7 nitrogen and oxygen atoms in total. The lowest BCUT2D eigenvalue weighted by Gasteiger charge is -2.19. The highest BCUT2D eigenvalue weighted by atomic mass is 32.1. The molecule has 0 spiro atoms. The van der Waals surface area contributed by atoms with Gasteiger partial charge >= 0.3 is 6.09 Å². The Balaban J connectivity index is 2.07. The minimum atomic E-state index is -0.480. The smallest absolute Gasteiger partial charge is 0.407 e. The van der Waals surface area contributed by atoms with Gasteiger partial charge < -0.3 is 20.7 Å². The van der Waals surface area contributed by atoms with E-state index in [9.17, 15) is 4.79 Å². The molecule has 0 aliphatic carbocycles. The van der Waals surface area contributed by atoms with Crippen LogP contribution in [0.3, 0.4) is 0 Å². The van der Waals surface area contributed by atoms with Crippen molar-refractivity contribution in [1.29, 1.82) is 0 Å². The normalized spacial score (nSPS) is 12.0. The first-order chi connectivity index (χ1) is 11.8. The molecule has 1 amide bonds. The molecule has 8 heteroatoms. The summed E-state index contributed by atoms with van der Waals surface area (Å²) in [5, 5.41) is 12.4. The van der Waals surface area contributed by atoms with Gasteiger partial charge in [-0.05, 0) is 47.0 Å². The first-order valence-electron chi connectivity index (χ1n) is 8.62. The molecule has 0 saturated heterocycles. The average molecular weight is 370 g/mol. The number of alkyl carbamates (subject to hydrolysis) is 1. The molecule has 3 N–H and O–H groups in total. The monoisotopic (exact) mass is 369 g/mol. The fourth-order valence-corrected chi connectivity index (χ4v) is 2.82. The average Bonchev–Trinajstić information content (AvgIpc) is 2.92. The molecule has 25 heavy (non-hydrogen) atoms. The van der Waals surface area contributed by atoms with Crippen LogP contribution in [0, 0.1) is 6.92 Å². The van der Waals surface area contributed by atoms with Crippen molar-refractivity contribution in [3.05, 3.63) is 16.1 Å². The zero-order valence-electron chi connectivity index (χ0n) is 15.9. The first kappa shape index (κ1) is 21.2. The topological polar surface area (TPSA) is 87.6 Å². The second-order valence-corrected chi connectivity index (χ2v) is 7.64. The maximum absolute atomic E-state index is 11.5. The highest BCUT2D eigenvalue weighted by Gasteiger charge is 2.15. The fourth-order valence-electron chi connectivity index (χ4n) is 2.01. The second-order valence-electron chi connectivity index (χ2n) is 6.69. The molecule has 0 radical (unpaired) electrons. The lowest BCUT2D eigenvalue weighted by Crippen LogP contribution is -2.42. The van der Waals surface area contributed by atoms with Crippen molar-refractivity contribution < 1.29 is 9.53 Å². The Hall–Kier alpha value is -1.83. The highest BCUT2D eigenvalue weighted by molar-refractivity contribution is 7.09. The van der Waals surface area contributed by atoms with Crippen molar-refractivity contribution in [2.24, 2.45) is 4.99 Å². The van der Waals surface area contributed by atoms with Gasteiger partial charge in [-0.1, -0.05) is 0 Å². The molecule has 0 bridgehead atoms. The number of hydrogen-bond acceptors (Lipinski definition) is 5. The van der Waals surface area contributed by atoms with E-state index >= 15 is 0 Å². The molecule has 0 aliphatic heterocycles. The molecule has 1 heterocycles. The Bertz CT molecular complexity index is 551. The van der Waals surface area contributed by atoms with Crippen molar-refractivity contribution in [2.45, 2.75) is 52.6 Å². The number of rotatable bonds is 8. The van der Waals surface area contributed by atoms with E-state index in [1.165, 1.54) is 5.01 Å².